The number of hydrogen-bond acceptors (Lipinski definition) is 12. The minimum absolute atomic E-state index is 0.0353. The molecule has 15 nitrogen and oxygen atoms in total. The molecule has 1 heterocycles. The number of nitrogens with zero attached hydrogens (tertiary/aromatic N) is 1. The van der Waals surface area contributed by atoms with Gasteiger partial charge in [0.1, 0.15) is 11.5 Å². The lowest BCUT2D eigenvalue weighted by Crippen LogP contribution is -2.36. The number of nitrogens with one attached hydrogen (secondary N) is 1. The van der Waals surface area contributed by atoms with Gasteiger partial charge < -0.3 is 24.3 Å². The summed E-state index contributed by atoms with van der Waals surface area (Å²) in [6.07, 6.45) is 4.45. The van der Waals surface area contributed by atoms with Crippen LogP contribution in [0.4, 0.5) is 5.69 Å². The average Bonchev–Trinajstić information content (AvgIpc) is 3.56. The van der Waals surface area contributed by atoms with E-state index in [1.807, 2.05) is 0 Å². The van der Waals surface area contributed by atoms with Gasteiger partial charge >= 0.3 is 11.9 Å². The maximum atomic E-state index is 14.0. The van der Waals surface area contributed by atoms with E-state index in [-0.39, 0.29) is 41.2 Å². The van der Waals surface area contributed by atoms with Crippen molar-refractivity contribution in [2.24, 2.45) is 4.99 Å². The topological polar surface area (TPSA) is 221 Å². The molecule has 17 heteroatoms. The van der Waals surface area contributed by atoms with Gasteiger partial charge in [0.2, 0.25) is 0 Å². The number of fused-ring (bicyclic) bond motifs is 2. The predicted molar refractivity (Wildman–Crippen MR) is 180 cm³/mol. The van der Waals surface area contributed by atoms with E-state index in [0.29, 0.717) is 16.3 Å². The van der Waals surface area contributed by atoms with Gasteiger partial charge in [-0.05, 0) is 78.7 Å². The molecular weight excluding hydrogens is 696 g/mol. The number of carbonyl (C=O) groups is 3. The van der Waals surface area contributed by atoms with Crippen molar-refractivity contribution >= 4 is 71.5 Å². The molecule has 3 N–H and O–H groups in total. The molecule has 1 aliphatic rings. The van der Waals surface area contributed by atoms with Crippen LogP contribution in [0.15, 0.2) is 87.6 Å². The molecule has 0 radical (unpaired) electrons. The minimum atomic E-state index is -4.72. The monoisotopic (exact) mass is 726 g/mol. The Labute approximate surface area is 286 Å². The van der Waals surface area contributed by atoms with E-state index in [0.717, 1.165) is 12.1 Å². The molecule has 1 atom stereocenters. The number of allylic oxidation sites excluding steroid dienone is 1. The molecule has 0 bridgehead atoms. The second-order valence-electron chi connectivity index (χ2n) is 10.7. The minimum Gasteiger partial charge on any atom is -0.481 e. The zero-order valence-corrected chi connectivity index (χ0v) is 28.1. The molecule has 0 saturated heterocycles. The van der Waals surface area contributed by atoms with Crippen molar-refractivity contribution in [1.29, 1.82) is 0 Å². The van der Waals surface area contributed by atoms with E-state index >= 15 is 0 Å². The number of esters is 2. The lowest BCUT2D eigenvalue weighted by molar-refractivity contribution is -0.146. The zero-order chi connectivity index (χ0) is 36.3. The van der Waals surface area contributed by atoms with E-state index in [1.54, 1.807) is 26.0 Å². The van der Waals surface area contributed by atoms with E-state index in [4.69, 9.17) is 18.9 Å². The van der Waals surface area contributed by atoms with Gasteiger partial charge in [-0.2, -0.15) is 16.8 Å². The second kappa shape index (κ2) is 14.2. The summed E-state index contributed by atoms with van der Waals surface area (Å²) in [5.74, 6) is -2.12. The highest BCUT2D eigenvalue weighted by Gasteiger charge is 2.39. The smallest absolute Gasteiger partial charge is 0.344 e. The molecule has 0 aliphatic carbocycles. The van der Waals surface area contributed by atoms with Gasteiger partial charge in [-0.1, -0.05) is 12.1 Å². The van der Waals surface area contributed by atoms with Crippen LogP contribution < -0.4 is 14.8 Å². The highest BCUT2D eigenvalue weighted by molar-refractivity contribution is 7.86. The number of aliphatic imine (C=N–C) groups is 1. The molecule has 262 valence electrons. The second-order valence-corrected chi connectivity index (χ2v) is 13.6. The molecule has 50 heavy (non-hydrogen) atoms. The van der Waals surface area contributed by atoms with Crippen LogP contribution in [-0.4, -0.2) is 76.4 Å². The third-order valence-corrected chi connectivity index (χ3v) is 9.08. The van der Waals surface area contributed by atoms with Crippen LogP contribution in [0.25, 0.3) is 21.5 Å². The van der Waals surface area contributed by atoms with Crippen molar-refractivity contribution < 1.29 is 59.3 Å². The number of hydrogen-bond donors (Lipinski definition) is 3. The van der Waals surface area contributed by atoms with Crippen molar-refractivity contribution in [1.82, 2.24) is 0 Å². The van der Waals surface area contributed by atoms with E-state index in [1.165, 1.54) is 54.8 Å². The van der Waals surface area contributed by atoms with Crippen molar-refractivity contribution in [3.05, 3.63) is 78.4 Å². The highest BCUT2D eigenvalue weighted by atomic mass is 32.2. The Morgan fingerprint density at radius 2 is 1.26 bits per heavy atom. The van der Waals surface area contributed by atoms with Crippen LogP contribution >= 0.6 is 0 Å². The molecule has 1 aliphatic heterocycles. The number of anilines is 1. The van der Waals surface area contributed by atoms with Crippen molar-refractivity contribution in [3.63, 3.8) is 0 Å². The SMILES string of the molecule is CCOC(=O)COc1cc(S(=O)(=O)O)cc2cc(NC(=O)C3(c4ccc5c(OCC(=O)OCC)cc(S(=O)(=O)O)cc5c4)C=CC=N3)ccc12. The number of rotatable bonds is 13. The third-order valence-electron chi connectivity index (χ3n) is 7.42. The van der Waals surface area contributed by atoms with E-state index < -0.39 is 66.6 Å². The summed E-state index contributed by atoms with van der Waals surface area (Å²) >= 11 is 0. The van der Waals surface area contributed by atoms with Crippen molar-refractivity contribution in [3.8, 4) is 11.5 Å². The molecule has 0 saturated carbocycles. The summed E-state index contributed by atoms with van der Waals surface area (Å²) in [5, 5.41) is 3.94. The molecule has 5 rings (SSSR count). The summed E-state index contributed by atoms with van der Waals surface area (Å²) in [5.41, 5.74) is -1.17. The van der Waals surface area contributed by atoms with Crippen LogP contribution in [0.1, 0.15) is 19.4 Å². The molecule has 1 amide bonds. The Morgan fingerprint density at radius 3 is 1.74 bits per heavy atom. The van der Waals surface area contributed by atoms with Crippen molar-refractivity contribution in [2.45, 2.75) is 29.2 Å². The summed E-state index contributed by atoms with van der Waals surface area (Å²) in [4.78, 5) is 41.1. The van der Waals surface area contributed by atoms with Crippen LogP contribution in [0.2, 0.25) is 0 Å². The number of amides is 1. The first-order chi connectivity index (χ1) is 23.6. The standard InChI is InChI=1S/C33H30N2O13S2/c1-3-45-30(36)18-47-28-16-24(49(39,40)41)14-20-12-22(6-8-26(20)28)33(10-5-11-34-33)32(38)35-23-7-9-27-21(13-23)15-25(50(42,43)44)17-29(27)48-19-31(37)46-4-2/h5-17H,3-4,18-19H2,1-2H3,(H,35,38)(H,39,40,41)(H,42,43,44). The maximum Gasteiger partial charge on any atom is 0.344 e. The quantitative estimate of drug-likeness (QED) is 0.132. The molecule has 1 unspecified atom stereocenters. The fourth-order valence-electron chi connectivity index (χ4n) is 5.20. The van der Waals surface area contributed by atoms with Gasteiger partial charge in [-0.15, -0.1) is 0 Å². The number of ether oxygens (including phenoxy) is 4. The Balaban J connectivity index is 1.52. The fraction of sp³-hybridized carbons (Fsp3) is 0.212. The Bertz CT molecular complexity index is 2290. The average molecular weight is 727 g/mol. The Morgan fingerprint density at radius 1 is 0.740 bits per heavy atom. The number of carbonyl (C=O) groups excluding carboxylic acids is 3. The van der Waals surface area contributed by atoms with Crippen molar-refractivity contribution in [2.75, 3.05) is 31.7 Å². The largest absolute Gasteiger partial charge is 0.481 e. The molecule has 0 spiro atoms. The first-order valence-corrected chi connectivity index (χ1v) is 17.7. The lowest BCUT2D eigenvalue weighted by Gasteiger charge is -2.25. The van der Waals surface area contributed by atoms with Gasteiger partial charge in [-0.25, -0.2) is 9.59 Å². The number of benzene rings is 4. The molecule has 4 aromatic carbocycles. The lowest BCUT2D eigenvalue weighted by atomic mass is 9.88. The van der Waals surface area contributed by atoms with Gasteiger partial charge in [0.25, 0.3) is 26.1 Å². The third kappa shape index (κ3) is 7.76. The molecule has 4 aromatic rings. The molecular formula is C33H30N2O13S2. The van der Waals surface area contributed by atoms with E-state index in [2.05, 4.69) is 10.3 Å². The summed E-state index contributed by atoms with van der Waals surface area (Å²) < 4.78 is 88.6. The van der Waals surface area contributed by atoms with Gasteiger partial charge in [0, 0.05) is 34.8 Å². The molecule has 0 fully saturated rings. The van der Waals surface area contributed by atoms with Gasteiger partial charge in [0.15, 0.2) is 18.8 Å². The van der Waals surface area contributed by atoms with Crippen LogP contribution in [0, 0.1) is 0 Å². The zero-order valence-electron chi connectivity index (χ0n) is 26.5. The first kappa shape index (κ1) is 35.9. The summed E-state index contributed by atoms with van der Waals surface area (Å²) in [6, 6.07) is 13.5. The fourth-order valence-corrected chi connectivity index (χ4v) is 6.26. The first-order valence-electron chi connectivity index (χ1n) is 14.9. The predicted octanol–water partition coefficient (Wildman–Crippen LogP) is 3.84. The van der Waals surface area contributed by atoms with Gasteiger partial charge in [-0.3, -0.25) is 18.9 Å². The van der Waals surface area contributed by atoms with E-state index in [9.17, 15) is 40.3 Å². The Kier molecular flexibility index (Phi) is 10.2. The normalized spacial score (nSPS) is 15.6. The van der Waals surface area contributed by atoms with Crippen LogP contribution in [0.5, 0.6) is 11.5 Å². The molecule has 0 aromatic heterocycles. The Hall–Kier alpha value is -5.36. The summed E-state index contributed by atoms with van der Waals surface area (Å²) in [6.45, 7) is 2.37. The van der Waals surface area contributed by atoms with Crippen LogP contribution in [0.3, 0.4) is 0 Å². The maximum absolute atomic E-state index is 14.0. The van der Waals surface area contributed by atoms with Crippen LogP contribution in [-0.2, 0) is 49.6 Å². The summed E-state index contributed by atoms with van der Waals surface area (Å²) in [7, 11) is -9.42. The highest BCUT2D eigenvalue weighted by Crippen LogP contribution is 2.38. The van der Waals surface area contributed by atoms with Gasteiger partial charge in [0.05, 0.1) is 23.0 Å².